The lowest BCUT2D eigenvalue weighted by molar-refractivity contribution is -0.125. The molecule has 24 heavy (non-hydrogen) atoms. The van der Waals surface area contributed by atoms with Crippen LogP contribution >= 0.6 is 11.3 Å². The largest absolute Gasteiger partial charge is 0.479 e. The van der Waals surface area contributed by atoms with Crippen LogP contribution in [-0.4, -0.2) is 43.7 Å². The summed E-state index contributed by atoms with van der Waals surface area (Å²) in [6, 6.07) is 5.56. The number of hydrogen-bond donors (Lipinski definition) is 1. The minimum absolute atomic E-state index is 0.0177. The van der Waals surface area contributed by atoms with E-state index in [-0.39, 0.29) is 18.4 Å². The summed E-state index contributed by atoms with van der Waals surface area (Å²) in [5.74, 6) is 0.319. The predicted molar refractivity (Wildman–Crippen MR) is 91.6 cm³/mol. The fourth-order valence-electron chi connectivity index (χ4n) is 2.42. The first-order chi connectivity index (χ1) is 11.5. The third-order valence-corrected chi connectivity index (χ3v) is 4.38. The number of anilines is 2. The molecule has 1 aliphatic heterocycles. The average Bonchev–Trinajstić information content (AvgIpc) is 3.01. The van der Waals surface area contributed by atoms with E-state index in [2.05, 4.69) is 10.3 Å². The van der Waals surface area contributed by atoms with Gasteiger partial charge in [-0.1, -0.05) is 0 Å². The van der Waals surface area contributed by atoms with Gasteiger partial charge in [0.25, 0.3) is 11.8 Å². The fraction of sp³-hybridized carbons (Fsp3) is 0.312. The Bertz CT molecular complexity index is 789. The number of nitrogens with one attached hydrogen (secondary N) is 1. The Labute approximate surface area is 143 Å². The van der Waals surface area contributed by atoms with Crippen molar-refractivity contribution in [3.8, 4) is 17.0 Å². The molecule has 3 rings (SSSR count). The molecular weight excluding hydrogens is 330 g/mol. The first kappa shape index (κ1) is 16.4. The Morgan fingerprint density at radius 1 is 1.50 bits per heavy atom. The molecule has 0 spiro atoms. The van der Waals surface area contributed by atoms with Gasteiger partial charge in [-0.05, 0) is 25.1 Å². The lowest BCUT2D eigenvalue weighted by atomic mass is 10.1. The Morgan fingerprint density at radius 2 is 2.29 bits per heavy atom. The van der Waals surface area contributed by atoms with E-state index >= 15 is 0 Å². The molecule has 2 aromatic rings. The van der Waals surface area contributed by atoms with Crippen molar-refractivity contribution in [2.24, 2.45) is 0 Å². The van der Waals surface area contributed by atoms with Gasteiger partial charge in [0.15, 0.2) is 11.2 Å². The summed E-state index contributed by atoms with van der Waals surface area (Å²) in [6.07, 6.45) is -0.491. The van der Waals surface area contributed by atoms with Gasteiger partial charge < -0.3 is 14.4 Å². The summed E-state index contributed by atoms with van der Waals surface area (Å²) < 4.78 is 10.4. The monoisotopic (exact) mass is 347 g/mol. The van der Waals surface area contributed by atoms with Gasteiger partial charge >= 0.3 is 0 Å². The summed E-state index contributed by atoms with van der Waals surface area (Å²) in [5, 5.41) is 5.02. The highest BCUT2D eigenvalue weighted by Crippen LogP contribution is 2.37. The smallest absolute Gasteiger partial charge is 0.267 e. The maximum Gasteiger partial charge on any atom is 0.267 e. The Hall–Kier alpha value is -2.45. The second kappa shape index (κ2) is 6.58. The molecule has 0 radical (unpaired) electrons. The van der Waals surface area contributed by atoms with Crippen LogP contribution in [0.2, 0.25) is 0 Å². The number of carbonyl (C=O) groups is 2. The second-order valence-electron chi connectivity index (χ2n) is 5.36. The van der Waals surface area contributed by atoms with E-state index in [1.165, 1.54) is 18.4 Å². The van der Waals surface area contributed by atoms with E-state index in [1.54, 1.807) is 18.9 Å². The maximum absolute atomic E-state index is 12.1. The number of amides is 2. The molecule has 0 aliphatic carbocycles. The van der Waals surface area contributed by atoms with Crippen molar-refractivity contribution in [1.29, 1.82) is 0 Å². The van der Waals surface area contributed by atoms with Crippen molar-refractivity contribution < 1.29 is 19.1 Å². The zero-order valence-electron chi connectivity index (χ0n) is 13.5. The van der Waals surface area contributed by atoms with E-state index in [0.29, 0.717) is 16.6 Å². The quantitative estimate of drug-likeness (QED) is 0.916. The number of carbonyl (C=O) groups excluding carboxylic acids is 2. The van der Waals surface area contributed by atoms with Gasteiger partial charge in [0.05, 0.1) is 11.4 Å². The van der Waals surface area contributed by atoms with Crippen LogP contribution in [0.5, 0.6) is 5.75 Å². The number of nitrogens with zero attached hydrogens (tertiary/aromatic N) is 2. The molecule has 2 heterocycles. The number of aromatic nitrogens is 1. The lowest BCUT2D eigenvalue weighted by Crippen LogP contribution is -2.41. The van der Waals surface area contributed by atoms with Gasteiger partial charge in [-0.15, -0.1) is 11.3 Å². The van der Waals surface area contributed by atoms with Crippen molar-refractivity contribution >= 4 is 34.0 Å². The highest BCUT2D eigenvalue weighted by Gasteiger charge is 2.29. The van der Waals surface area contributed by atoms with E-state index < -0.39 is 6.10 Å². The highest BCUT2D eigenvalue weighted by atomic mass is 32.1. The lowest BCUT2D eigenvalue weighted by Gasteiger charge is -2.30. The van der Waals surface area contributed by atoms with Crippen LogP contribution in [0.15, 0.2) is 23.6 Å². The fourth-order valence-corrected chi connectivity index (χ4v) is 3.16. The zero-order chi connectivity index (χ0) is 17.3. The van der Waals surface area contributed by atoms with Gasteiger partial charge in [0.1, 0.15) is 12.4 Å². The Morgan fingerprint density at radius 3 is 3.04 bits per heavy atom. The number of methoxy groups -OCH3 is 1. The van der Waals surface area contributed by atoms with Gasteiger partial charge in [-0.2, -0.15) is 0 Å². The molecule has 0 saturated heterocycles. The summed E-state index contributed by atoms with van der Waals surface area (Å²) in [5.41, 5.74) is 2.26. The molecule has 1 N–H and O–H groups in total. The number of fused-ring (bicyclic) bond motifs is 1. The van der Waals surface area contributed by atoms with Crippen LogP contribution in [0.4, 0.5) is 10.8 Å². The molecule has 0 bridgehead atoms. The third kappa shape index (κ3) is 3.10. The molecule has 1 aromatic heterocycles. The van der Waals surface area contributed by atoms with Gasteiger partial charge in [0, 0.05) is 25.1 Å². The molecule has 1 atom stereocenters. The standard InChI is InChI=1S/C16H17N3O4S/c1-9-15(21)19(2)12-6-10(4-5-13(12)23-9)11-8-24-16(17-11)18-14(20)7-22-3/h4-6,8-9H,7H2,1-3H3,(H,17,18,20)/t9-/m0/s1. The van der Waals surface area contributed by atoms with Gasteiger partial charge in [-0.25, -0.2) is 4.98 Å². The van der Waals surface area contributed by atoms with Gasteiger partial charge in [-0.3, -0.25) is 14.9 Å². The Kier molecular flexibility index (Phi) is 4.50. The molecule has 0 unspecified atom stereocenters. The van der Waals surface area contributed by atoms with Crippen LogP contribution < -0.4 is 15.0 Å². The van der Waals surface area contributed by atoms with Crippen molar-refractivity contribution in [3.63, 3.8) is 0 Å². The maximum atomic E-state index is 12.1. The van der Waals surface area contributed by atoms with Crippen LogP contribution in [0.1, 0.15) is 6.92 Å². The number of hydrogen-bond acceptors (Lipinski definition) is 6. The third-order valence-electron chi connectivity index (χ3n) is 3.62. The molecule has 8 heteroatoms. The number of rotatable bonds is 4. The van der Waals surface area contributed by atoms with Crippen molar-refractivity contribution in [2.45, 2.75) is 13.0 Å². The molecule has 126 valence electrons. The molecule has 1 aliphatic rings. The number of thiazole rings is 1. The molecule has 7 nitrogen and oxygen atoms in total. The van der Waals surface area contributed by atoms with Crippen molar-refractivity contribution in [3.05, 3.63) is 23.6 Å². The predicted octanol–water partition coefficient (Wildman–Crippen LogP) is 2.14. The van der Waals surface area contributed by atoms with E-state index in [9.17, 15) is 9.59 Å². The van der Waals surface area contributed by atoms with E-state index in [4.69, 9.17) is 9.47 Å². The average molecular weight is 347 g/mol. The molecule has 1 aromatic carbocycles. The van der Waals surface area contributed by atoms with Crippen LogP contribution in [0.3, 0.4) is 0 Å². The SMILES string of the molecule is COCC(=O)Nc1nc(-c2ccc3c(c2)N(C)C(=O)[C@H](C)O3)cs1. The second-order valence-corrected chi connectivity index (χ2v) is 6.22. The minimum atomic E-state index is -0.491. The summed E-state index contributed by atoms with van der Waals surface area (Å²) in [4.78, 5) is 29.6. The van der Waals surface area contributed by atoms with Crippen molar-refractivity contribution in [1.82, 2.24) is 4.98 Å². The van der Waals surface area contributed by atoms with E-state index in [0.717, 1.165) is 11.3 Å². The minimum Gasteiger partial charge on any atom is -0.479 e. The molecular formula is C16H17N3O4S. The summed E-state index contributed by atoms with van der Waals surface area (Å²) in [6.45, 7) is 1.71. The highest BCUT2D eigenvalue weighted by molar-refractivity contribution is 7.14. The topological polar surface area (TPSA) is 80.8 Å². The number of benzene rings is 1. The van der Waals surface area contributed by atoms with Crippen LogP contribution in [0.25, 0.3) is 11.3 Å². The van der Waals surface area contributed by atoms with E-state index in [1.807, 2.05) is 23.6 Å². The summed E-state index contributed by atoms with van der Waals surface area (Å²) in [7, 11) is 3.18. The van der Waals surface area contributed by atoms with Crippen LogP contribution in [-0.2, 0) is 14.3 Å². The molecule has 0 saturated carbocycles. The number of ether oxygens (including phenoxy) is 2. The molecule has 0 fully saturated rings. The van der Waals surface area contributed by atoms with Gasteiger partial charge in [0.2, 0.25) is 0 Å². The zero-order valence-corrected chi connectivity index (χ0v) is 14.3. The van der Waals surface area contributed by atoms with Crippen LogP contribution in [0, 0.1) is 0 Å². The first-order valence-electron chi connectivity index (χ1n) is 7.32. The normalized spacial score (nSPS) is 16.5. The molecule has 2 amide bonds. The van der Waals surface area contributed by atoms with Crippen molar-refractivity contribution in [2.75, 3.05) is 31.0 Å². The summed E-state index contributed by atoms with van der Waals surface area (Å²) >= 11 is 1.33. The Balaban J connectivity index is 1.85. The first-order valence-corrected chi connectivity index (χ1v) is 8.20. The number of likely N-dealkylation sites (N-methyl/N-ethyl adjacent to an activating group) is 1.